The van der Waals surface area contributed by atoms with Gasteiger partial charge in [0.05, 0.1) is 17.8 Å². The van der Waals surface area contributed by atoms with Crippen LogP contribution < -0.4 is 4.74 Å². The molecule has 1 heterocycles. The Labute approximate surface area is 108 Å². The van der Waals surface area contributed by atoms with Crippen molar-refractivity contribution >= 4 is 17.3 Å². The molecule has 0 bridgehead atoms. The predicted octanol–water partition coefficient (Wildman–Crippen LogP) is 2.52. The molecular weight excluding hydrogens is 258 g/mol. The molecule has 0 N–H and O–H groups in total. The van der Waals surface area contributed by atoms with E-state index in [-0.39, 0.29) is 11.4 Å². The summed E-state index contributed by atoms with van der Waals surface area (Å²) in [4.78, 5) is 14.2. The second-order valence-electron chi connectivity index (χ2n) is 3.52. The number of nitro benzene ring substituents is 1. The molecule has 1 aromatic heterocycles. The van der Waals surface area contributed by atoms with Gasteiger partial charge in [-0.2, -0.15) is 0 Å². The predicted molar refractivity (Wildman–Crippen MR) is 65.8 cm³/mol. The van der Waals surface area contributed by atoms with E-state index in [9.17, 15) is 10.1 Å². The molecule has 0 aliphatic carbocycles. The van der Waals surface area contributed by atoms with E-state index in [1.54, 1.807) is 18.7 Å². The average molecular weight is 268 g/mol. The van der Waals surface area contributed by atoms with Crippen LogP contribution >= 0.6 is 11.6 Å². The van der Waals surface area contributed by atoms with Gasteiger partial charge in [0.15, 0.2) is 5.75 Å². The summed E-state index contributed by atoms with van der Waals surface area (Å²) in [5.41, 5.74) is -0.0926. The highest BCUT2D eigenvalue weighted by Crippen LogP contribution is 2.29. The van der Waals surface area contributed by atoms with Crippen molar-refractivity contribution in [3.63, 3.8) is 0 Å². The molecule has 0 aliphatic rings. The van der Waals surface area contributed by atoms with Gasteiger partial charge >= 0.3 is 5.69 Å². The zero-order valence-electron chi connectivity index (χ0n) is 9.32. The number of hydrogen-bond acceptors (Lipinski definition) is 4. The number of nitrogens with zero attached hydrogens (tertiary/aromatic N) is 3. The van der Waals surface area contributed by atoms with Gasteiger partial charge in [0.1, 0.15) is 6.61 Å². The molecule has 0 spiro atoms. The number of halogens is 1. The summed E-state index contributed by atoms with van der Waals surface area (Å²) in [6.07, 6.45) is 5.09. The molecule has 0 saturated heterocycles. The van der Waals surface area contributed by atoms with Crippen molar-refractivity contribution in [1.29, 1.82) is 0 Å². The van der Waals surface area contributed by atoms with Crippen molar-refractivity contribution in [1.82, 2.24) is 9.55 Å². The highest BCUT2D eigenvalue weighted by Gasteiger charge is 2.15. The van der Waals surface area contributed by atoms with Crippen LogP contribution in [0.3, 0.4) is 0 Å². The lowest BCUT2D eigenvalue weighted by molar-refractivity contribution is -0.385. The lowest BCUT2D eigenvalue weighted by atomic mass is 10.3. The molecule has 2 rings (SSSR count). The second kappa shape index (κ2) is 5.50. The maximum atomic E-state index is 10.8. The third-order valence-electron chi connectivity index (χ3n) is 2.28. The number of ether oxygens (including phenoxy) is 1. The highest BCUT2D eigenvalue weighted by atomic mass is 35.5. The molecule has 0 radical (unpaired) electrons. The van der Waals surface area contributed by atoms with Crippen molar-refractivity contribution in [2.75, 3.05) is 6.61 Å². The standard InChI is InChI=1S/C11H10ClN3O3/c12-9-1-2-10(15(16)17)11(7-9)18-6-5-14-4-3-13-8-14/h1-4,7-8H,5-6H2. The molecule has 1 aromatic carbocycles. The first kappa shape index (κ1) is 12.4. The summed E-state index contributed by atoms with van der Waals surface area (Å²) >= 11 is 5.78. The van der Waals surface area contributed by atoms with Gasteiger partial charge < -0.3 is 9.30 Å². The maximum Gasteiger partial charge on any atom is 0.311 e. The van der Waals surface area contributed by atoms with Crippen molar-refractivity contribution in [2.45, 2.75) is 6.54 Å². The zero-order valence-corrected chi connectivity index (χ0v) is 10.1. The average Bonchev–Trinajstić information content (AvgIpc) is 2.82. The highest BCUT2D eigenvalue weighted by molar-refractivity contribution is 6.30. The lowest BCUT2D eigenvalue weighted by Gasteiger charge is -2.07. The van der Waals surface area contributed by atoms with Gasteiger partial charge in [0.25, 0.3) is 0 Å². The van der Waals surface area contributed by atoms with E-state index in [1.807, 2.05) is 4.57 Å². The molecule has 0 amide bonds. The Morgan fingerprint density at radius 1 is 1.50 bits per heavy atom. The van der Waals surface area contributed by atoms with Crippen LogP contribution in [0, 0.1) is 10.1 Å². The van der Waals surface area contributed by atoms with Crippen LogP contribution in [0.1, 0.15) is 0 Å². The third-order valence-corrected chi connectivity index (χ3v) is 2.52. The van der Waals surface area contributed by atoms with Crippen LogP contribution in [-0.2, 0) is 6.54 Å². The molecule has 2 aromatic rings. The summed E-state index contributed by atoms with van der Waals surface area (Å²) in [6, 6.07) is 4.23. The molecule has 0 unspecified atom stereocenters. The van der Waals surface area contributed by atoms with Gasteiger partial charge in [-0.3, -0.25) is 10.1 Å². The number of nitro groups is 1. The smallest absolute Gasteiger partial charge is 0.311 e. The largest absolute Gasteiger partial charge is 0.485 e. The molecule has 94 valence electrons. The summed E-state index contributed by atoms with van der Waals surface area (Å²) < 4.78 is 7.19. The molecule has 0 fully saturated rings. The Morgan fingerprint density at radius 3 is 3.00 bits per heavy atom. The van der Waals surface area contributed by atoms with Gasteiger partial charge in [-0.15, -0.1) is 0 Å². The number of aromatic nitrogens is 2. The van der Waals surface area contributed by atoms with Crippen LogP contribution in [-0.4, -0.2) is 21.1 Å². The van der Waals surface area contributed by atoms with E-state index in [0.717, 1.165) is 0 Å². The molecule has 0 aliphatic heterocycles. The van der Waals surface area contributed by atoms with Crippen LogP contribution in [0.15, 0.2) is 36.9 Å². The van der Waals surface area contributed by atoms with Crippen molar-refractivity contribution in [3.8, 4) is 5.75 Å². The molecule has 7 heteroatoms. The third kappa shape index (κ3) is 2.98. The fourth-order valence-electron chi connectivity index (χ4n) is 1.43. The Morgan fingerprint density at radius 2 is 2.33 bits per heavy atom. The molecule has 0 atom stereocenters. The van der Waals surface area contributed by atoms with Gasteiger partial charge in [0.2, 0.25) is 0 Å². The first-order chi connectivity index (χ1) is 8.66. The van der Waals surface area contributed by atoms with Crippen LogP contribution in [0.5, 0.6) is 5.75 Å². The Bertz CT molecular complexity index is 542. The quantitative estimate of drug-likeness (QED) is 0.616. The van der Waals surface area contributed by atoms with Gasteiger partial charge in [-0.25, -0.2) is 4.98 Å². The Kier molecular flexibility index (Phi) is 3.78. The summed E-state index contributed by atoms with van der Waals surface area (Å²) in [5.74, 6) is 0.174. The monoisotopic (exact) mass is 267 g/mol. The van der Waals surface area contributed by atoms with Crippen LogP contribution in [0.25, 0.3) is 0 Å². The first-order valence-corrected chi connectivity index (χ1v) is 5.57. The number of imidazole rings is 1. The van der Waals surface area contributed by atoms with Crippen LogP contribution in [0.2, 0.25) is 5.02 Å². The SMILES string of the molecule is O=[N+]([O-])c1ccc(Cl)cc1OCCn1ccnc1. The van der Waals surface area contributed by atoms with E-state index in [4.69, 9.17) is 16.3 Å². The Hall–Kier alpha value is -2.08. The van der Waals surface area contributed by atoms with E-state index in [0.29, 0.717) is 18.2 Å². The molecule has 18 heavy (non-hydrogen) atoms. The van der Waals surface area contributed by atoms with E-state index in [2.05, 4.69) is 4.98 Å². The summed E-state index contributed by atoms with van der Waals surface area (Å²) in [6.45, 7) is 0.862. The maximum absolute atomic E-state index is 10.8. The first-order valence-electron chi connectivity index (χ1n) is 5.19. The minimum atomic E-state index is -0.497. The lowest BCUT2D eigenvalue weighted by Crippen LogP contribution is -2.07. The van der Waals surface area contributed by atoms with Gasteiger partial charge in [-0.05, 0) is 6.07 Å². The van der Waals surface area contributed by atoms with Crippen molar-refractivity contribution in [2.24, 2.45) is 0 Å². The van der Waals surface area contributed by atoms with Crippen LogP contribution in [0.4, 0.5) is 5.69 Å². The fourth-order valence-corrected chi connectivity index (χ4v) is 1.60. The second-order valence-corrected chi connectivity index (χ2v) is 3.95. The molecule has 0 saturated carbocycles. The number of benzene rings is 1. The van der Waals surface area contributed by atoms with Gasteiger partial charge in [-0.1, -0.05) is 11.6 Å². The Balaban J connectivity index is 2.03. The van der Waals surface area contributed by atoms with E-state index >= 15 is 0 Å². The normalized spacial score (nSPS) is 10.3. The summed E-state index contributed by atoms with van der Waals surface area (Å²) in [7, 11) is 0. The number of rotatable bonds is 5. The molecule has 6 nitrogen and oxygen atoms in total. The van der Waals surface area contributed by atoms with Gasteiger partial charge in [0, 0.05) is 29.5 Å². The summed E-state index contributed by atoms with van der Waals surface area (Å²) in [5, 5.41) is 11.2. The van der Waals surface area contributed by atoms with E-state index < -0.39 is 4.92 Å². The zero-order chi connectivity index (χ0) is 13.0. The fraction of sp³-hybridized carbons (Fsp3) is 0.182. The van der Waals surface area contributed by atoms with Crippen molar-refractivity contribution < 1.29 is 9.66 Å². The number of hydrogen-bond donors (Lipinski definition) is 0. The minimum absolute atomic E-state index is 0.0926. The van der Waals surface area contributed by atoms with Crippen molar-refractivity contribution in [3.05, 3.63) is 52.1 Å². The minimum Gasteiger partial charge on any atom is -0.485 e. The topological polar surface area (TPSA) is 70.2 Å². The van der Waals surface area contributed by atoms with E-state index in [1.165, 1.54) is 18.2 Å². The molecular formula is C11H10ClN3O3.